The molecule has 1 N–H and O–H groups in total. The van der Waals surface area contributed by atoms with Crippen molar-refractivity contribution in [3.63, 3.8) is 0 Å². The van der Waals surface area contributed by atoms with Gasteiger partial charge >= 0.3 is 0 Å². The Morgan fingerprint density at radius 2 is 1.80 bits per heavy atom. The number of hydrogen-bond acceptors (Lipinski definition) is 2. The summed E-state index contributed by atoms with van der Waals surface area (Å²) in [6.45, 7) is 8.50. The average molecular weight is 268 g/mol. The van der Waals surface area contributed by atoms with Crippen LogP contribution in [-0.4, -0.2) is 11.5 Å². The fourth-order valence-electron chi connectivity index (χ4n) is 2.49. The molecule has 2 heteroatoms. The van der Waals surface area contributed by atoms with Crippen molar-refractivity contribution in [3.8, 4) is 0 Å². The second kappa shape index (κ2) is 7.20. The van der Waals surface area contributed by atoms with Crippen LogP contribution in [0.3, 0.4) is 0 Å². The Morgan fingerprint density at radius 3 is 2.45 bits per heavy atom. The van der Waals surface area contributed by atoms with Gasteiger partial charge in [-0.15, -0.1) is 0 Å². The molecule has 2 nitrogen and oxygen atoms in total. The monoisotopic (exact) mass is 268 g/mol. The lowest BCUT2D eigenvalue weighted by molar-refractivity contribution is 0.459. The Bertz CT molecular complexity index is 520. The minimum absolute atomic E-state index is 0.542. The maximum Gasteiger partial charge on any atom is 0.0570 e. The van der Waals surface area contributed by atoms with Crippen molar-refractivity contribution >= 4 is 0 Å². The van der Waals surface area contributed by atoms with Gasteiger partial charge in [0.1, 0.15) is 0 Å². The number of benzene rings is 1. The molecular formula is C18H24N2. The molecule has 0 radical (unpaired) electrons. The van der Waals surface area contributed by atoms with Gasteiger partial charge in [0.05, 0.1) is 5.69 Å². The van der Waals surface area contributed by atoms with Crippen molar-refractivity contribution in [2.75, 3.05) is 6.54 Å². The topological polar surface area (TPSA) is 24.9 Å². The van der Waals surface area contributed by atoms with Gasteiger partial charge in [-0.1, -0.05) is 50.2 Å². The van der Waals surface area contributed by atoms with Crippen molar-refractivity contribution in [1.29, 1.82) is 0 Å². The summed E-state index contributed by atoms with van der Waals surface area (Å²) in [5.74, 6) is 1.16. The maximum absolute atomic E-state index is 4.43. The van der Waals surface area contributed by atoms with Crippen LogP contribution < -0.4 is 5.32 Å². The molecule has 0 aliphatic carbocycles. The van der Waals surface area contributed by atoms with Gasteiger partial charge in [0.25, 0.3) is 0 Å². The summed E-state index contributed by atoms with van der Waals surface area (Å²) in [5, 5.41) is 3.56. The third kappa shape index (κ3) is 3.91. The van der Waals surface area contributed by atoms with E-state index in [9.17, 15) is 0 Å². The Labute approximate surface area is 122 Å². The van der Waals surface area contributed by atoms with Crippen LogP contribution in [0.15, 0.2) is 48.7 Å². The zero-order valence-corrected chi connectivity index (χ0v) is 12.6. The Morgan fingerprint density at radius 1 is 1.05 bits per heavy atom. The minimum atomic E-state index is 0.542. The van der Waals surface area contributed by atoms with Crippen LogP contribution in [0.25, 0.3) is 0 Å². The second-order valence-electron chi connectivity index (χ2n) is 5.66. The molecule has 0 spiro atoms. The van der Waals surface area contributed by atoms with Crippen LogP contribution in [0.4, 0.5) is 0 Å². The normalized spacial score (nSPS) is 12.6. The summed E-state index contributed by atoms with van der Waals surface area (Å²) in [6.07, 6.45) is 1.86. The number of pyridine rings is 1. The fourth-order valence-corrected chi connectivity index (χ4v) is 2.49. The van der Waals surface area contributed by atoms with E-state index in [1.807, 2.05) is 12.3 Å². The molecule has 0 bridgehead atoms. The maximum atomic E-state index is 4.43. The predicted molar refractivity (Wildman–Crippen MR) is 84.7 cm³/mol. The Balaban J connectivity index is 1.95. The molecule has 1 heterocycles. The van der Waals surface area contributed by atoms with Gasteiger partial charge in [0, 0.05) is 19.3 Å². The van der Waals surface area contributed by atoms with Crippen LogP contribution in [0.2, 0.25) is 0 Å². The smallest absolute Gasteiger partial charge is 0.0570 e. The number of rotatable bonds is 6. The lowest BCUT2D eigenvalue weighted by Crippen LogP contribution is -2.25. The number of aryl methyl sites for hydroxylation is 1. The molecule has 1 aromatic carbocycles. The molecular weight excluding hydrogens is 244 g/mol. The molecule has 106 valence electrons. The predicted octanol–water partition coefficient (Wildman–Crippen LogP) is 3.92. The lowest BCUT2D eigenvalue weighted by atomic mass is 9.88. The highest BCUT2D eigenvalue weighted by Crippen LogP contribution is 2.23. The molecule has 1 unspecified atom stereocenters. The quantitative estimate of drug-likeness (QED) is 0.859. The highest BCUT2D eigenvalue weighted by Gasteiger charge is 2.15. The van der Waals surface area contributed by atoms with Gasteiger partial charge in [-0.05, 0) is 36.0 Å². The first-order chi connectivity index (χ1) is 9.68. The fraction of sp³-hybridized carbons (Fsp3) is 0.389. The van der Waals surface area contributed by atoms with Gasteiger partial charge in [0.2, 0.25) is 0 Å². The highest BCUT2D eigenvalue weighted by atomic mass is 14.9. The van der Waals surface area contributed by atoms with Crippen molar-refractivity contribution in [2.45, 2.75) is 33.2 Å². The standard InChI is InChI=1S/C18H24N2/c1-14(2)17(16-9-5-4-6-10-16)12-19-13-18-15(3)8-7-11-20-18/h4-11,14,17,19H,12-13H2,1-3H3. The third-order valence-electron chi connectivity index (χ3n) is 3.81. The molecule has 0 aliphatic heterocycles. The minimum Gasteiger partial charge on any atom is -0.311 e. The van der Waals surface area contributed by atoms with Crippen LogP contribution in [-0.2, 0) is 6.54 Å². The van der Waals surface area contributed by atoms with Crippen molar-refractivity contribution in [1.82, 2.24) is 10.3 Å². The van der Waals surface area contributed by atoms with Gasteiger partial charge in [-0.3, -0.25) is 4.98 Å². The zero-order chi connectivity index (χ0) is 14.4. The van der Waals surface area contributed by atoms with Gasteiger partial charge in [-0.2, -0.15) is 0 Å². The van der Waals surface area contributed by atoms with Crippen molar-refractivity contribution in [2.24, 2.45) is 5.92 Å². The van der Waals surface area contributed by atoms with Crippen LogP contribution in [0.1, 0.15) is 36.6 Å². The highest BCUT2D eigenvalue weighted by molar-refractivity contribution is 5.21. The summed E-state index contributed by atoms with van der Waals surface area (Å²) < 4.78 is 0. The van der Waals surface area contributed by atoms with Crippen LogP contribution >= 0.6 is 0 Å². The number of aromatic nitrogens is 1. The molecule has 20 heavy (non-hydrogen) atoms. The second-order valence-corrected chi connectivity index (χ2v) is 5.66. The van der Waals surface area contributed by atoms with Crippen LogP contribution in [0, 0.1) is 12.8 Å². The van der Waals surface area contributed by atoms with E-state index in [4.69, 9.17) is 0 Å². The molecule has 0 saturated carbocycles. The molecule has 1 atom stereocenters. The van der Waals surface area contributed by atoms with Crippen LogP contribution in [0.5, 0.6) is 0 Å². The van der Waals surface area contributed by atoms with E-state index >= 15 is 0 Å². The molecule has 2 aromatic rings. The van der Waals surface area contributed by atoms with E-state index in [0.29, 0.717) is 11.8 Å². The van der Waals surface area contributed by atoms with Gasteiger partial charge < -0.3 is 5.32 Å². The van der Waals surface area contributed by atoms with Gasteiger partial charge in [0.15, 0.2) is 0 Å². The Hall–Kier alpha value is -1.67. The first-order valence-electron chi connectivity index (χ1n) is 7.34. The molecule has 0 aliphatic rings. The van der Waals surface area contributed by atoms with Crippen molar-refractivity contribution in [3.05, 3.63) is 65.5 Å². The van der Waals surface area contributed by atoms with Crippen molar-refractivity contribution < 1.29 is 0 Å². The van der Waals surface area contributed by atoms with E-state index in [1.54, 1.807) is 0 Å². The van der Waals surface area contributed by atoms with E-state index in [1.165, 1.54) is 11.1 Å². The molecule has 0 fully saturated rings. The summed E-state index contributed by atoms with van der Waals surface area (Å²) in [7, 11) is 0. The third-order valence-corrected chi connectivity index (χ3v) is 3.81. The number of hydrogen-bond donors (Lipinski definition) is 1. The largest absolute Gasteiger partial charge is 0.311 e. The molecule has 0 amide bonds. The summed E-state index contributed by atoms with van der Waals surface area (Å²) in [6, 6.07) is 14.9. The van der Waals surface area contributed by atoms with E-state index in [-0.39, 0.29) is 0 Å². The molecule has 1 aromatic heterocycles. The van der Waals surface area contributed by atoms with E-state index in [2.05, 4.69) is 67.5 Å². The van der Waals surface area contributed by atoms with Gasteiger partial charge in [-0.25, -0.2) is 0 Å². The average Bonchev–Trinajstić information content (AvgIpc) is 2.46. The SMILES string of the molecule is Cc1cccnc1CNCC(c1ccccc1)C(C)C. The molecule has 0 saturated heterocycles. The lowest BCUT2D eigenvalue weighted by Gasteiger charge is -2.22. The summed E-state index contributed by atoms with van der Waals surface area (Å²) >= 11 is 0. The van der Waals surface area contributed by atoms with E-state index in [0.717, 1.165) is 18.8 Å². The summed E-state index contributed by atoms with van der Waals surface area (Å²) in [5.41, 5.74) is 3.80. The first-order valence-corrected chi connectivity index (χ1v) is 7.34. The number of nitrogens with one attached hydrogen (secondary N) is 1. The number of nitrogens with zero attached hydrogens (tertiary/aromatic N) is 1. The zero-order valence-electron chi connectivity index (χ0n) is 12.6. The summed E-state index contributed by atoms with van der Waals surface area (Å²) in [4.78, 5) is 4.43. The van der Waals surface area contributed by atoms with E-state index < -0.39 is 0 Å². The first kappa shape index (κ1) is 14.7. The molecule has 2 rings (SSSR count). The Kier molecular flexibility index (Phi) is 5.31.